The van der Waals surface area contributed by atoms with Crippen LogP contribution in [0.25, 0.3) is 0 Å². The lowest BCUT2D eigenvalue weighted by Crippen LogP contribution is -2.46. The van der Waals surface area contributed by atoms with Crippen LogP contribution in [0, 0.1) is 0 Å². The minimum absolute atomic E-state index is 0.0968. The van der Waals surface area contributed by atoms with Crippen LogP contribution >= 0.6 is 0 Å². The van der Waals surface area contributed by atoms with Crippen LogP contribution in [0.1, 0.15) is 40.3 Å². The maximum atomic E-state index is 5.77. The molecule has 0 unspecified atom stereocenters. The van der Waals surface area contributed by atoms with Crippen LogP contribution in [-0.2, 0) is 10.2 Å². The van der Waals surface area contributed by atoms with E-state index in [1.165, 1.54) is 0 Å². The zero-order chi connectivity index (χ0) is 13.3. The fraction of sp³-hybridized carbons (Fsp3) is 0.667. The first-order chi connectivity index (χ1) is 8.36. The van der Waals surface area contributed by atoms with Crippen molar-refractivity contribution in [2.45, 2.75) is 52.2 Å². The second-order valence-electron chi connectivity index (χ2n) is 6.29. The molecule has 1 aliphatic heterocycles. The van der Waals surface area contributed by atoms with Crippen LogP contribution in [0.15, 0.2) is 18.2 Å². The van der Waals surface area contributed by atoms with Crippen molar-refractivity contribution in [1.29, 1.82) is 0 Å². The average molecular weight is 248 g/mol. The summed E-state index contributed by atoms with van der Waals surface area (Å²) in [5.41, 5.74) is 1.24. The number of anilines is 1. The Morgan fingerprint density at radius 3 is 2.33 bits per heavy atom. The molecule has 2 heterocycles. The lowest BCUT2D eigenvalue weighted by atomic mass is 9.92. The molecular weight excluding hydrogens is 224 g/mol. The van der Waals surface area contributed by atoms with E-state index in [9.17, 15) is 0 Å². The molecule has 0 saturated carbocycles. The molecule has 100 valence electrons. The SMILES string of the molecule is C[C@@H]1CN(c2cccc(C(C)(C)C)n2)C[C@H](C)O1. The lowest BCUT2D eigenvalue weighted by Gasteiger charge is -2.36. The van der Waals surface area contributed by atoms with Gasteiger partial charge in [-0.3, -0.25) is 0 Å². The van der Waals surface area contributed by atoms with E-state index in [0.29, 0.717) is 0 Å². The van der Waals surface area contributed by atoms with Crippen molar-refractivity contribution in [3.8, 4) is 0 Å². The minimum Gasteiger partial charge on any atom is -0.372 e. The number of aromatic nitrogens is 1. The van der Waals surface area contributed by atoms with Gasteiger partial charge in [0.25, 0.3) is 0 Å². The smallest absolute Gasteiger partial charge is 0.128 e. The maximum absolute atomic E-state index is 5.77. The summed E-state index contributed by atoms with van der Waals surface area (Å²) in [6.45, 7) is 12.7. The molecular formula is C15H24N2O. The topological polar surface area (TPSA) is 25.4 Å². The highest BCUT2D eigenvalue weighted by molar-refractivity contribution is 5.41. The molecule has 3 nitrogen and oxygen atoms in total. The van der Waals surface area contributed by atoms with E-state index in [0.717, 1.165) is 24.6 Å². The van der Waals surface area contributed by atoms with Gasteiger partial charge in [0.05, 0.1) is 12.2 Å². The Bertz CT molecular complexity index is 401. The van der Waals surface area contributed by atoms with Gasteiger partial charge in [0.1, 0.15) is 5.82 Å². The van der Waals surface area contributed by atoms with E-state index in [1.807, 2.05) is 0 Å². The van der Waals surface area contributed by atoms with E-state index in [4.69, 9.17) is 9.72 Å². The number of hydrogen-bond acceptors (Lipinski definition) is 3. The van der Waals surface area contributed by atoms with Crippen LogP contribution in [0.3, 0.4) is 0 Å². The molecule has 0 aromatic carbocycles. The van der Waals surface area contributed by atoms with E-state index >= 15 is 0 Å². The van der Waals surface area contributed by atoms with Crippen molar-refractivity contribution < 1.29 is 4.74 Å². The fourth-order valence-electron chi connectivity index (χ4n) is 2.38. The Hall–Kier alpha value is -1.09. The van der Waals surface area contributed by atoms with Gasteiger partial charge in [-0.1, -0.05) is 26.8 Å². The predicted molar refractivity (Wildman–Crippen MR) is 75.2 cm³/mol. The van der Waals surface area contributed by atoms with Crippen molar-refractivity contribution in [2.24, 2.45) is 0 Å². The summed E-state index contributed by atoms with van der Waals surface area (Å²) in [6.07, 6.45) is 0.544. The van der Waals surface area contributed by atoms with Crippen molar-refractivity contribution in [3.05, 3.63) is 23.9 Å². The molecule has 1 aromatic rings. The molecule has 0 amide bonds. The van der Waals surface area contributed by atoms with Crippen LogP contribution in [-0.4, -0.2) is 30.3 Å². The Balaban J connectivity index is 2.23. The quantitative estimate of drug-likeness (QED) is 0.764. The third-order valence-corrected chi connectivity index (χ3v) is 3.25. The van der Waals surface area contributed by atoms with Gasteiger partial charge in [-0.05, 0) is 26.0 Å². The molecule has 0 spiro atoms. The molecule has 2 atom stereocenters. The summed E-state index contributed by atoms with van der Waals surface area (Å²) in [6, 6.07) is 6.31. The second-order valence-corrected chi connectivity index (χ2v) is 6.29. The minimum atomic E-state index is 0.0968. The molecule has 1 aliphatic rings. The number of nitrogens with zero attached hydrogens (tertiary/aromatic N) is 2. The molecule has 18 heavy (non-hydrogen) atoms. The first-order valence-electron chi connectivity index (χ1n) is 6.74. The van der Waals surface area contributed by atoms with E-state index in [-0.39, 0.29) is 17.6 Å². The van der Waals surface area contributed by atoms with Crippen LogP contribution in [0.2, 0.25) is 0 Å². The van der Waals surface area contributed by atoms with Crippen molar-refractivity contribution >= 4 is 5.82 Å². The molecule has 2 rings (SSSR count). The molecule has 0 N–H and O–H groups in total. The molecule has 1 fully saturated rings. The number of pyridine rings is 1. The third-order valence-electron chi connectivity index (χ3n) is 3.25. The van der Waals surface area contributed by atoms with Gasteiger partial charge in [0.15, 0.2) is 0 Å². The van der Waals surface area contributed by atoms with Gasteiger partial charge in [-0.15, -0.1) is 0 Å². The summed E-state index contributed by atoms with van der Waals surface area (Å²) >= 11 is 0. The van der Waals surface area contributed by atoms with Gasteiger partial charge in [0, 0.05) is 24.2 Å². The fourth-order valence-corrected chi connectivity index (χ4v) is 2.38. The van der Waals surface area contributed by atoms with E-state index in [1.54, 1.807) is 0 Å². The zero-order valence-electron chi connectivity index (χ0n) is 12.1. The number of rotatable bonds is 1. The highest BCUT2D eigenvalue weighted by atomic mass is 16.5. The molecule has 0 bridgehead atoms. The Morgan fingerprint density at radius 1 is 1.17 bits per heavy atom. The summed E-state index contributed by atoms with van der Waals surface area (Å²) < 4.78 is 5.77. The normalized spacial score (nSPS) is 25.3. The summed E-state index contributed by atoms with van der Waals surface area (Å²) in [4.78, 5) is 7.13. The Morgan fingerprint density at radius 2 is 1.78 bits per heavy atom. The third kappa shape index (κ3) is 3.02. The monoisotopic (exact) mass is 248 g/mol. The van der Waals surface area contributed by atoms with Gasteiger partial charge in [-0.25, -0.2) is 4.98 Å². The molecule has 0 aliphatic carbocycles. The molecule has 3 heteroatoms. The Kier molecular flexibility index (Phi) is 3.62. The summed E-state index contributed by atoms with van der Waals surface area (Å²) in [5.74, 6) is 1.07. The first kappa shape index (κ1) is 13.3. The van der Waals surface area contributed by atoms with Gasteiger partial charge in [-0.2, -0.15) is 0 Å². The average Bonchev–Trinajstić information content (AvgIpc) is 2.27. The van der Waals surface area contributed by atoms with Crippen molar-refractivity contribution in [2.75, 3.05) is 18.0 Å². The van der Waals surface area contributed by atoms with Crippen LogP contribution in [0.4, 0.5) is 5.82 Å². The highest BCUT2D eigenvalue weighted by Gasteiger charge is 2.24. The number of ether oxygens (including phenoxy) is 1. The highest BCUT2D eigenvalue weighted by Crippen LogP contribution is 2.24. The van der Waals surface area contributed by atoms with Gasteiger partial charge in [0.2, 0.25) is 0 Å². The van der Waals surface area contributed by atoms with Gasteiger partial charge < -0.3 is 9.64 Å². The van der Waals surface area contributed by atoms with Crippen LogP contribution in [0.5, 0.6) is 0 Å². The number of hydrogen-bond donors (Lipinski definition) is 0. The first-order valence-corrected chi connectivity index (χ1v) is 6.74. The summed E-state index contributed by atoms with van der Waals surface area (Å²) in [7, 11) is 0. The molecule has 0 radical (unpaired) electrons. The second kappa shape index (κ2) is 4.88. The lowest BCUT2D eigenvalue weighted by molar-refractivity contribution is -0.00547. The maximum Gasteiger partial charge on any atom is 0.128 e. The van der Waals surface area contributed by atoms with Crippen molar-refractivity contribution in [3.63, 3.8) is 0 Å². The Labute approximate surface area is 110 Å². The summed E-state index contributed by atoms with van der Waals surface area (Å²) in [5, 5.41) is 0. The van der Waals surface area contributed by atoms with Crippen LogP contribution < -0.4 is 4.90 Å². The standard InChI is InChI=1S/C15H24N2O/c1-11-9-17(10-12(2)18-11)14-8-6-7-13(16-14)15(3,4)5/h6-8,11-12H,9-10H2,1-5H3/t11-,12+. The predicted octanol–water partition coefficient (Wildman–Crippen LogP) is 2.99. The number of morpholine rings is 1. The van der Waals surface area contributed by atoms with E-state index in [2.05, 4.69) is 57.7 Å². The largest absolute Gasteiger partial charge is 0.372 e. The molecule has 1 saturated heterocycles. The molecule has 1 aromatic heterocycles. The zero-order valence-corrected chi connectivity index (χ0v) is 12.1. The van der Waals surface area contributed by atoms with Gasteiger partial charge >= 0.3 is 0 Å². The van der Waals surface area contributed by atoms with Crippen molar-refractivity contribution in [1.82, 2.24) is 4.98 Å². The van der Waals surface area contributed by atoms with E-state index < -0.39 is 0 Å².